The average molecular weight is 2020 g/mol. The minimum Gasteiger partial charge on any atom is -0.508 e. The standard InChI is InChI=1S/C99H139N21O23S/c1-11-14-27-76-90(133)108-67(40-55(4)5)87(130)114-74(85(128)104-49-82(124)105-66(23-13-3)99(142)143)53-144-54-83(125)106-70(42-57-32-34-60(121)35-33-57)95(138)118-38-21-20-30-77(118)91(134)112-72(46-81(101)123)96(139)119-39-22-31-78(119)92(135)113-73(48-102-8)89(132)110-69(41-56(6)7)97(140)120-51-61(122)45-80(120)93(136)109-68(43-58-47-103-64-26-18-16-24-62(58)64)88(131)107-65(36-37-100)86(129)111-71(94(137)116(10)79(28-15-12-2)98(141)115(76)9)44-59-50-117(52-84(126)127)75-29-19-17-25-63(59)75/h3,16-19,24-26,29,32-35,47,50,55-56,61,65-74,76-80,102-103,121-122H,11-12,14-15,20-23,27-28,30-31,36-46,48-49,51-54,100H2,1-2,4-10H3,(H2,101,123)(H,104,128)(H,105,124)(H,106,125)(H,107,131)(H,108,133)(H,109,136)(H,110,132)(H,111,129)(H,112,134)(H,113,135)(H,114,130)(H,126,127)(H,142,143)/t61-,65+,66?,67+,68+,69+,70+,71+,72+,73+,74+,76+,77+,78+,79+,80+/m1/s1. The normalized spacial score (nSPS) is 24.6. The molecule has 9 rings (SSSR count). The second-order valence-electron chi connectivity index (χ2n) is 37.9. The fourth-order valence-corrected chi connectivity index (χ4v) is 19.4. The number of aromatic nitrogens is 2. The number of aliphatic carboxylic acids is 2. The number of amides is 17. The van der Waals surface area contributed by atoms with Gasteiger partial charge in [-0.15, -0.1) is 24.1 Å². The summed E-state index contributed by atoms with van der Waals surface area (Å²) in [6.45, 7) is 7.99. The first-order valence-electron chi connectivity index (χ1n) is 49.0. The van der Waals surface area contributed by atoms with Crippen LogP contribution < -0.4 is 75.3 Å². The van der Waals surface area contributed by atoms with Crippen LogP contribution in [0.2, 0.25) is 0 Å². The lowest BCUT2D eigenvalue weighted by molar-refractivity contribution is -0.149. The van der Waals surface area contributed by atoms with Crippen molar-refractivity contribution in [3.8, 4) is 18.1 Å². The van der Waals surface area contributed by atoms with E-state index in [1.165, 1.54) is 61.1 Å². The van der Waals surface area contributed by atoms with Crippen LogP contribution >= 0.6 is 11.8 Å². The highest BCUT2D eigenvalue weighted by atomic mass is 32.2. The highest BCUT2D eigenvalue weighted by Gasteiger charge is 2.48. The summed E-state index contributed by atoms with van der Waals surface area (Å²) in [6, 6.07) is -3.77. The Morgan fingerprint density at radius 2 is 1.11 bits per heavy atom. The van der Waals surface area contributed by atoms with Gasteiger partial charge in [0.25, 0.3) is 0 Å². The van der Waals surface area contributed by atoms with E-state index in [1.807, 2.05) is 13.8 Å². The Balaban J connectivity index is 1.13. The number of hydrogen-bond acceptors (Lipinski definition) is 24. The molecule has 16 atom stereocenters. The molecule has 44 nitrogen and oxygen atoms in total. The molecular weight excluding hydrogens is 1880 g/mol. The van der Waals surface area contributed by atoms with Crippen molar-refractivity contribution in [2.45, 2.75) is 273 Å². The van der Waals surface area contributed by atoms with Crippen molar-refractivity contribution in [2.75, 3.05) is 71.9 Å². The zero-order valence-electron chi connectivity index (χ0n) is 82.9. The first-order chi connectivity index (χ1) is 68.6. The van der Waals surface area contributed by atoms with Gasteiger partial charge >= 0.3 is 11.9 Å². The fraction of sp³-hybridized carbons (Fsp3) is 0.566. The maximum Gasteiger partial charge on any atom is 0.327 e. The summed E-state index contributed by atoms with van der Waals surface area (Å²) < 4.78 is 1.43. The number of carboxylic acids is 2. The molecule has 4 fully saturated rings. The number of nitrogens with zero attached hydrogens (tertiary/aromatic N) is 6. The topological polar surface area (TPSA) is 639 Å². The largest absolute Gasteiger partial charge is 0.508 e. The zero-order chi connectivity index (χ0) is 105. The molecule has 5 aromatic rings. The van der Waals surface area contributed by atoms with E-state index < -0.39 is 265 Å². The third-order valence-electron chi connectivity index (χ3n) is 26.0. The van der Waals surface area contributed by atoms with Gasteiger partial charge in [-0.25, -0.2) is 4.79 Å². The number of para-hydroxylation sites is 2. The fourth-order valence-electron chi connectivity index (χ4n) is 18.6. The number of rotatable bonds is 30. The Morgan fingerprint density at radius 1 is 0.569 bits per heavy atom. The van der Waals surface area contributed by atoms with E-state index in [0.29, 0.717) is 77.0 Å². The minimum absolute atomic E-state index is 0.000857. The van der Waals surface area contributed by atoms with Gasteiger partial charge in [-0.3, -0.25) is 86.3 Å². The van der Waals surface area contributed by atoms with Crippen LogP contribution in [-0.4, -0.2) is 335 Å². The second kappa shape index (κ2) is 54.6. The van der Waals surface area contributed by atoms with Crippen LogP contribution in [-0.2, 0) is 117 Å². The molecule has 45 heteroatoms. The van der Waals surface area contributed by atoms with Gasteiger partial charge in [-0.1, -0.05) is 116 Å². The van der Waals surface area contributed by atoms with Crippen LogP contribution in [0.25, 0.3) is 21.8 Å². The van der Waals surface area contributed by atoms with E-state index in [9.17, 15) is 63.6 Å². The highest BCUT2D eigenvalue weighted by molar-refractivity contribution is 8.00. The molecule has 144 heavy (non-hydrogen) atoms. The lowest BCUT2D eigenvalue weighted by Gasteiger charge is -2.38. The predicted molar refractivity (Wildman–Crippen MR) is 531 cm³/mol. The summed E-state index contributed by atoms with van der Waals surface area (Å²) in [7, 11) is 4.14. The third-order valence-corrected chi connectivity index (χ3v) is 27.0. The number of aliphatic hydroxyl groups excluding tert-OH is 1. The van der Waals surface area contributed by atoms with E-state index in [1.54, 1.807) is 82.4 Å². The number of carboxylic acid groups (broad SMARTS) is 2. The molecule has 0 spiro atoms. The van der Waals surface area contributed by atoms with Gasteiger partial charge in [-0.05, 0) is 131 Å². The number of aliphatic hydroxyl groups is 1. The highest BCUT2D eigenvalue weighted by Crippen LogP contribution is 2.30. The van der Waals surface area contributed by atoms with Crippen molar-refractivity contribution in [2.24, 2.45) is 23.3 Å². The number of carbonyl (C=O) groups excluding carboxylic acids is 17. The number of fused-ring (bicyclic) bond motifs is 5. The van der Waals surface area contributed by atoms with Crippen molar-refractivity contribution in [3.05, 3.63) is 102 Å². The zero-order valence-corrected chi connectivity index (χ0v) is 83.7. The molecule has 4 aliphatic heterocycles. The number of phenolic OH excluding ortho intramolecular Hbond substituents is 1. The van der Waals surface area contributed by atoms with E-state index in [4.69, 9.17) is 17.9 Å². The molecular formula is C99H139N21O23S. The number of nitrogens with two attached hydrogens (primary N) is 2. The maximum absolute atomic E-state index is 16.1. The number of thioether (sulfide) groups is 1. The lowest BCUT2D eigenvalue weighted by Crippen LogP contribution is -2.62. The number of H-pyrrole nitrogens is 1. The van der Waals surface area contributed by atoms with Gasteiger partial charge in [0.2, 0.25) is 100 Å². The van der Waals surface area contributed by atoms with Crippen molar-refractivity contribution in [1.82, 2.24) is 97.9 Å². The van der Waals surface area contributed by atoms with Gasteiger partial charge in [-0.2, -0.15) is 0 Å². The molecule has 2 aromatic heterocycles. The molecule has 0 bridgehead atoms. The van der Waals surface area contributed by atoms with Gasteiger partial charge in [0.05, 0.1) is 24.8 Å². The monoisotopic (exact) mass is 2020 g/mol. The number of likely N-dealkylation sites (N-methyl/N-ethyl adjacent to an activating group) is 3. The Bertz CT molecular complexity index is 5470. The predicted octanol–water partition coefficient (Wildman–Crippen LogP) is -1.34. The average Bonchev–Trinajstić information content (AvgIpc) is 1.65. The van der Waals surface area contributed by atoms with Crippen LogP contribution in [0.5, 0.6) is 5.75 Å². The Morgan fingerprint density at radius 3 is 1.75 bits per heavy atom. The number of aromatic hydroxyl groups is 1. The molecule has 17 amide bonds. The third kappa shape index (κ3) is 31.6. The van der Waals surface area contributed by atoms with E-state index in [2.05, 4.69) is 74.7 Å². The first-order valence-corrected chi connectivity index (χ1v) is 50.2. The van der Waals surface area contributed by atoms with Crippen molar-refractivity contribution in [1.29, 1.82) is 0 Å². The molecule has 21 N–H and O–H groups in total. The summed E-state index contributed by atoms with van der Waals surface area (Å²) in [5.41, 5.74) is 14.4. The van der Waals surface area contributed by atoms with Crippen molar-refractivity contribution in [3.63, 3.8) is 0 Å². The summed E-state index contributed by atoms with van der Waals surface area (Å²) >= 11 is 0.747. The van der Waals surface area contributed by atoms with Crippen LogP contribution in [0.4, 0.5) is 0 Å². The second-order valence-corrected chi connectivity index (χ2v) is 39.0. The van der Waals surface area contributed by atoms with Crippen LogP contribution in [0.15, 0.2) is 85.2 Å². The van der Waals surface area contributed by atoms with Crippen LogP contribution in [0, 0.1) is 24.2 Å². The molecule has 4 aliphatic rings. The van der Waals surface area contributed by atoms with E-state index in [-0.39, 0.29) is 108 Å². The number of phenols is 1. The number of unbranched alkanes of at least 4 members (excludes halogenated alkanes) is 2. The van der Waals surface area contributed by atoms with E-state index >= 15 is 47.9 Å². The summed E-state index contributed by atoms with van der Waals surface area (Å²) in [4.78, 5) is 288. The Labute approximate surface area is 839 Å². The molecule has 4 saturated heterocycles. The number of aromatic amines is 1. The van der Waals surface area contributed by atoms with Crippen molar-refractivity contribution < 1.29 is 112 Å². The van der Waals surface area contributed by atoms with Gasteiger partial charge < -0.3 is 130 Å². The molecule has 0 saturated carbocycles. The molecule has 6 heterocycles. The quantitative estimate of drug-likeness (QED) is 0.0237. The first kappa shape index (κ1) is 114. The van der Waals surface area contributed by atoms with Crippen LogP contribution in [0.1, 0.15) is 167 Å². The number of primary amides is 1. The smallest absolute Gasteiger partial charge is 0.327 e. The van der Waals surface area contributed by atoms with Gasteiger partial charge in [0.1, 0.15) is 103 Å². The summed E-state index contributed by atoms with van der Waals surface area (Å²) in [6.07, 6.45) is 6.35. The maximum atomic E-state index is 16.1. The molecule has 3 aromatic carbocycles. The van der Waals surface area contributed by atoms with E-state index in [0.717, 1.165) is 31.4 Å². The number of benzene rings is 3. The van der Waals surface area contributed by atoms with Crippen LogP contribution in [0.3, 0.4) is 0 Å². The molecule has 0 radical (unpaired) electrons. The number of carbonyl (C=O) groups is 19. The Hall–Kier alpha value is -13.7. The Kier molecular flexibility index (Phi) is 43.2. The molecule has 784 valence electrons. The van der Waals surface area contributed by atoms with Gasteiger partial charge in [0, 0.05) is 112 Å². The lowest BCUT2D eigenvalue weighted by atomic mass is 9.97. The summed E-state index contributed by atoms with van der Waals surface area (Å²) in [5, 5.41) is 75.0. The number of hydrogen-bond donors (Lipinski definition) is 19. The SMILES string of the molecule is C#CCC(NC(=O)CNC(=O)[C@@H]1CSCC(=O)N[C@@H](Cc2ccc(O)cc2)C(=O)N2CCCC[C@H]2C(=O)N[C@@H](CC(N)=O)C(=O)N2CCC[C@H]2C(=O)N[C@@H](CNC)C(=O)N[C@@H](CC(C)C)C(=O)N2C[C@H](O)C[C@H]2C(=O)N[C@@H](Cc2c[nH]c3ccccc23)C(=O)N[C@@H](CCN)C(=O)N[C@@H](Cc2cn(CC(=O)O)c3ccccc23)C(=O)N(C)[C@@H](CCCC)C(=O)N(C)[C@@H](CCCC)C(=O)N[C@@H](CC(C)C)C(=O)N1)C(=O)O. The number of terminal acetylenes is 1. The summed E-state index contributed by atoms with van der Waals surface area (Å²) in [5.74, 6) is -18.3. The minimum atomic E-state index is -1.76. The molecule has 1 unspecified atom stereocenters. The van der Waals surface area contributed by atoms with Gasteiger partial charge in [0.15, 0.2) is 0 Å². The molecule has 0 aliphatic carbocycles. The van der Waals surface area contributed by atoms with Crippen molar-refractivity contribution >= 4 is 146 Å². The number of nitrogens with one attached hydrogen (secondary N) is 13. The number of piperidine rings is 1.